The van der Waals surface area contributed by atoms with Gasteiger partial charge in [-0.25, -0.2) is 0 Å². The summed E-state index contributed by atoms with van der Waals surface area (Å²) >= 11 is 0. The Hall–Kier alpha value is -8.56. The maximum absolute atomic E-state index is 10.5. The minimum absolute atomic E-state index is 0.617. The zero-order valence-electron chi connectivity index (χ0n) is 33.5. The highest BCUT2D eigenvalue weighted by Gasteiger charge is 2.18. The monoisotopic (exact) mass is 782 g/mol. The normalized spacial score (nSPS) is 11.5. The van der Waals surface area contributed by atoms with Gasteiger partial charge in [-0.2, -0.15) is 10.5 Å². The second-order valence-corrected chi connectivity index (χ2v) is 16.2. The molecule has 0 atom stereocenters. The van der Waals surface area contributed by atoms with Crippen molar-refractivity contribution < 1.29 is 0 Å². The Bertz CT molecular complexity index is 3690. The number of nitriles is 2. The Morgan fingerprint density at radius 2 is 0.484 bits per heavy atom. The molecule has 12 aromatic rings. The molecule has 0 radical (unpaired) electrons. The van der Waals surface area contributed by atoms with Crippen LogP contribution in [0.1, 0.15) is 11.1 Å². The van der Waals surface area contributed by atoms with Gasteiger partial charge in [0, 0.05) is 0 Å². The van der Waals surface area contributed by atoms with E-state index in [2.05, 4.69) is 194 Å². The van der Waals surface area contributed by atoms with E-state index in [-0.39, 0.29) is 0 Å². The van der Waals surface area contributed by atoms with E-state index in [1.54, 1.807) is 0 Å². The van der Waals surface area contributed by atoms with Crippen molar-refractivity contribution in [3.05, 3.63) is 217 Å². The lowest BCUT2D eigenvalue weighted by molar-refractivity contribution is 1.48. The third-order valence-corrected chi connectivity index (χ3v) is 12.8. The molecule has 2 heteroatoms. The first-order chi connectivity index (χ1) is 30.6. The molecule has 0 aliphatic rings. The number of hydrogen-bond acceptors (Lipinski definition) is 2. The molecule has 0 aliphatic heterocycles. The molecule has 0 saturated carbocycles. The number of benzene rings is 12. The van der Waals surface area contributed by atoms with Gasteiger partial charge in [-0.3, -0.25) is 0 Å². The molecule has 0 amide bonds. The molecular formula is C60H34N2. The lowest BCUT2D eigenvalue weighted by Crippen LogP contribution is -1.92. The SMILES string of the molecule is N#Cc1cc(-c2cc3ccccc3c3ccccc23)cc(-c2cc3c4ccccc4c(-c4cc(C#N)cc(-c5cc6ccccc6c6ccccc56)c4)cc3c3ccccc23)c1. The summed E-state index contributed by atoms with van der Waals surface area (Å²) in [5.41, 5.74) is 9.61. The summed E-state index contributed by atoms with van der Waals surface area (Å²) in [5.74, 6) is 0. The summed E-state index contributed by atoms with van der Waals surface area (Å²) in [6, 6.07) is 78.2. The third-order valence-electron chi connectivity index (χ3n) is 12.8. The van der Waals surface area contributed by atoms with Crippen LogP contribution >= 0.6 is 0 Å². The van der Waals surface area contributed by atoms with Crippen molar-refractivity contribution in [2.24, 2.45) is 0 Å². The van der Waals surface area contributed by atoms with Gasteiger partial charge in [0.2, 0.25) is 0 Å². The highest BCUT2D eigenvalue weighted by molar-refractivity contribution is 6.24. The molecule has 12 aromatic carbocycles. The maximum atomic E-state index is 10.5. The van der Waals surface area contributed by atoms with E-state index in [1.807, 2.05) is 24.3 Å². The second-order valence-electron chi connectivity index (χ2n) is 16.2. The molecule has 0 spiro atoms. The molecule has 0 unspecified atom stereocenters. The molecule has 0 aromatic heterocycles. The van der Waals surface area contributed by atoms with Crippen LogP contribution in [0.25, 0.3) is 120 Å². The van der Waals surface area contributed by atoms with Crippen LogP contribution in [-0.4, -0.2) is 0 Å². The van der Waals surface area contributed by atoms with E-state index in [0.717, 1.165) is 87.6 Å². The summed E-state index contributed by atoms with van der Waals surface area (Å²) in [7, 11) is 0. The fourth-order valence-corrected chi connectivity index (χ4v) is 10.0. The fourth-order valence-electron chi connectivity index (χ4n) is 10.0. The minimum Gasteiger partial charge on any atom is -0.192 e. The van der Waals surface area contributed by atoms with E-state index >= 15 is 0 Å². The van der Waals surface area contributed by atoms with Crippen LogP contribution in [0.15, 0.2) is 206 Å². The molecule has 0 saturated heterocycles. The van der Waals surface area contributed by atoms with Crippen LogP contribution in [0.3, 0.4) is 0 Å². The van der Waals surface area contributed by atoms with Crippen LogP contribution < -0.4 is 0 Å². The van der Waals surface area contributed by atoms with E-state index in [0.29, 0.717) is 11.1 Å². The summed E-state index contributed by atoms with van der Waals surface area (Å²) in [6.07, 6.45) is 0. The number of rotatable bonds is 4. The first-order valence-corrected chi connectivity index (χ1v) is 20.9. The van der Waals surface area contributed by atoms with Gasteiger partial charge in [0.05, 0.1) is 23.3 Å². The van der Waals surface area contributed by atoms with Crippen molar-refractivity contribution in [1.29, 1.82) is 10.5 Å². The van der Waals surface area contributed by atoms with Crippen molar-refractivity contribution in [1.82, 2.24) is 0 Å². The molecule has 0 fully saturated rings. The van der Waals surface area contributed by atoms with Crippen LogP contribution in [0, 0.1) is 22.7 Å². The first kappa shape index (κ1) is 35.4. The number of nitrogens with zero attached hydrogens (tertiary/aromatic N) is 2. The van der Waals surface area contributed by atoms with Crippen LogP contribution in [-0.2, 0) is 0 Å². The predicted octanol–water partition coefficient (Wildman–Crippen LogP) is 16.2. The van der Waals surface area contributed by atoms with Crippen molar-refractivity contribution >= 4 is 75.4 Å². The van der Waals surface area contributed by atoms with Crippen LogP contribution in [0.5, 0.6) is 0 Å². The molecule has 284 valence electrons. The Kier molecular flexibility index (Phi) is 8.01. The quantitative estimate of drug-likeness (QED) is 0.167. The number of fused-ring (bicyclic) bond motifs is 11. The van der Waals surface area contributed by atoms with E-state index < -0.39 is 0 Å². The van der Waals surface area contributed by atoms with Crippen molar-refractivity contribution in [3.63, 3.8) is 0 Å². The first-order valence-electron chi connectivity index (χ1n) is 20.9. The summed E-state index contributed by atoms with van der Waals surface area (Å²) in [6.45, 7) is 0. The highest BCUT2D eigenvalue weighted by atomic mass is 14.3. The van der Waals surface area contributed by atoms with Gasteiger partial charge < -0.3 is 0 Å². The van der Waals surface area contributed by atoms with Gasteiger partial charge in [0.25, 0.3) is 0 Å². The van der Waals surface area contributed by atoms with Crippen LogP contribution in [0.2, 0.25) is 0 Å². The molecule has 0 N–H and O–H groups in total. The van der Waals surface area contributed by atoms with Gasteiger partial charge in [0.15, 0.2) is 0 Å². The van der Waals surface area contributed by atoms with Gasteiger partial charge in [0.1, 0.15) is 0 Å². The Balaban J connectivity index is 1.10. The summed E-state index contributed by atoms with van der Waals surface area (Å²) in [4.78, 5) is 0. The zero-order valence-corrected chi connectivity index (χ0v) is 33.5. The van der Waals surface area contributed by atoms with Gasteiger partial charge >= 0.3 is 0 Å². The standard InChI is InChI=1S/C60H34N2/c61-35-37-25-41(55-31-39-13-1-3-15-45(39)47-17-5-7-19-49(47)55)29-43(27-37)57-33-59-54-24-12-10-22-52(54)58(34-60(59)53-23-11-9-21-51(53)57)44-28-38(36-62)26-42(30-44)56-32-40-14-2-4-16-46(40)48-18-6-8-20-50(48)56/h1-34H. The molecule has 12 rings (SSSR count). The second kappa shape index (κ2) is 14.0. The van der Waals surface area contributed by atoms with E-state index in [9.17, 15) is 10.5 Å². The minimum atomic E-state index is 0.617. The topological polar surface area (TPSA) is 47.6 Å². The van der Waals surface area contributed by atoms with Crippen LogP contribution in [0.4, 0.5) is 0 Å². The lowest BCUT2D eigenvalue weighted by atomic mass is 9.85. The Morgan fingerprint density at radius 3 is 0.806 bits per heavy atom. The maximum Gasteiger partial charge on any atom is 0.0992 e. The lowest BCUT2D eigenvalue weighted by Gasteiger charge is -2.18. The molecule has 62 heavy (non-hydrogen) atoms. The predicted molar refractivity (Wildman–Crippen MR) is 260 cm³/mol. The molecule has 0 bridgehead atoms. The largest absolute Gasteiger partial charge is 0.192 e. The Morgan fingerprint density at radius 1 is 0.226 bits per heavy atom. The molecular weight excluding hydrogens is 749 g/mol. The summed E-state index contributed by atoms with van der Waals surface area (Å²) in [5, 5.41) is 37.2. The average molecular weight is 783 g/mol. The fraction of sp³-hybridized carbons (Fsp3) is 0. The van der Waals surface area contributed by atoms with Gasteiger partial charge in [-0.05, 0) is 181 Å². The molecule has 0 aliphatic carbocycles. The van der Waals surface area contributed by atoms with Crippen molar-refractivity contribution in [2.45, 2.75) is 0 Å². The third kappa shape index (κ3) is 5.56. The summed E-state index contributed by atoms with van der Waals surface area (Å²) < 4.78 is 0. The van der Waals surface area contributed by atoms with E-state index in [1.165, 1.54) is 32.3 Å². The average Bonchev–Trinajstić information content (AvgIpc) is 3.35. The van der Waals surface area contributed by atoms with Gasteiger partial charge in [-0.15, -0.1) is 0 Å². The highest BCUT2D eigenvalue weighted by Crippen LogP contribution is 2.45. The van der Waals surface area contributed by atoms with Crippen molar-refractivity contribution in [3.8, 4) is 56.6 Å². The van der Waals surface area contributed by atoms with E-state index in [4.69, 9.17) is 0 Å². The molecule has 0 heterocycles. The smallest absolute Gasteiger partial charge is 0.0992 e. The van der Waals surface area contributed by atoms with Crippen molar-refractivity contribution in [2.75, 3.05) is 0 Å². The zero-order chi connectivity index (χ0) is 41.3. The Labute approximate surface area is 358 Å². The number of hydrogen-bond donors (Lipinski definition) is 0. The van der Waals surface area contributed by atoms with Gasteiger partial charge in [-0.1, -0.05) is 146 Å². The molecule has 2 nitrogen and oxygen atoms in total.